The molecule has 2 rings (SSSR count). The van der Waals surface area contributed by atoms with Gasteiger partial charge in [-0.25, -0.2) is 13.2 Å². The summed E-state index contributed by atoms with van der Waals surface area (Å²) in [5.74, 6) is -0.949. The predicted molar refractivity (Wildman–Crippen MR) is 92.0 cm³/mol. The third-order valence-corrected chi connectivity index (χ3v) is 5.83. The Morgan fingerprint density at radius 2 is 1.74 bits per heavy atom. The maximum Gasteiger partial charge on any atom is 0.338 e. The van der Waals surface area contributed by atoms with Gasteiger partial charge in [-0.2, -0.15) is 0 Å². The van der Waals surface area contributed by atoms with E-state index in [2.05, 4.69) is 22.5 Å². The van der Waals surface area contributed by atoms with Gasteiger partial charge in [-0.05, 0) is 40.2 Å². The fraction of sp³-hybridized carbons (Fsp3) is 0.118. The first-order valence-electron chi connectivity index (χ1n) is 6.80. The first kappa shape index (κ1) is 17.4. The molecule has 0 N–H and O–H groups in total. The van der Waals surface area contributed by atoms with Crippen molar-refractivity contribution in [2.75, 3.05) is 5.75 Å². The molecule has 0 bridgehead atoms. The van der Waals surface area contributed by atoms with Gasteiger partial charge >= 0.3 is 5.97 Å². The van der Waals surface area contributed by atoms with E-state index < -0.39 is 21.9 Å². The highest BCUT2D eigenvalue weighted by molar-refractivity contribution is 9.10. The van der Waals surface area contributed by atoms with E-state index in [4.69, 9.17) is 4.74 Å². The maximum atomic E-state index is 12.5. The lowest BCUT2D eigenvalue weighted by Gasteiger charge is -2.15. The molecule has 0 aliphatic carbocycles. The van der Waals surface area contributed by atoms with Crippen molar-refractivity contribution in [3.63, 3.8) is 0 Å². The molecule has 0 spiro atoms. The Balaban J connectivity index is 2.15. The number of hydrogen-bond acceptors (Lipinski definition) is 4. The Morgan fingerprint density at radius 3 is 2.35 bits per heavy atom. The second kappa shape index (κ2) is 7.57. The van der Waals surface area contributed by atoms with Gasteiger partial charge in [0.25, 0.3) is 0 Å². The summed E-state index contributed by atoms with van der Waals surface area (Å²) in [7, 11) is -3.63. The van der Waals surface area contributed by atoms with Crippen molar-refractivity contribution in [2.24, 2.45) is 0 Å². The highest BCUT2D eigenvalue weighted by Crippen LogP contribution is 2.23. The zero-order valence-electron chi connectivity index (χ0n) is 12.2. The molecule has 0 aliphatic rings. The Bertz CT molecular complexity index is 800. The van der Waals surface area contributed by atoms with Crippen molar-refractivity contribution in [1.82, 2.24) is 0 Å². The van der Waals surface area contributed by atoms with E-state index in [1.165, 1.54) is 12.1 Å². The summed E-state index contributed by atoms with van der Waals surface area (Å²) >= 11 is 3.22. The van der Waals surface area contributed by atoms with Gasteiger partial charge in [0.1, 0.15) is 6.10 Å². The average Bonchev–Trinajstić information content (AvgIpc) is 2.55. The average molecular weight is 395 g/mol. The summed E-state index contributed by atoms with van der Waals surface area (Å²) in [5.41, 5.74) is 0.359. The third kappa shape index (κ3) is 4.53. The fourth-order valence-electron chi connectivity index (χ4n) is 1.93. The minimum Gasteiger partial charge on any atom is -0.453 e. The molecule has 0 amide bonds. The SMILES string of the molecule is C=CC(CS(=O)(=O)c1ccccc1Br)OC(=O)c1ccccc1. The molecule has 1 atom stereocenters. The summed E-state index contributed by atoms with van der Waals surface area (Å²) in [6.45, 7) is 3.55. The van der Waals surface area contributed by atoms with Crippen LogP contribution in [0.5, 0.6) is 0 Å². The number of hydrogen-bond donors (Lipinski definition) is 0. The maximum absolute atomic E-state index is 12.5. The Morgan fingerprint density at radius 1 is 1.13 bits per heavy atom. The van der Waals surface area contributed by atoms with Gasteiger partial charge in [-0.15, -0.1) is 0 Å². The highest BCUT2D eigenvalue weighted by atomic mass is 79.9. The molecule has 2 aromatic carbocycles. The first-order valence-corrected chi connectivity index (χ1v) is 9.24. The molecule has 23 heavy (non-hydrogen) atoms. The number of halogens is 1. The number of sulfone groups is 1. The highest BCUT2D eigenvalue weighted by Gasteiger charge is 2.24. The van der Waals surface area contributed by atoms with Crippen LogP contribution in [0.3, 0.4) is 0 Å². The summed E-state index contributed by atoms with van der Waals surface area (Å²) < 4.78 is 30.6. The fourth-order valence-corrected chi connectivity index (χ4v) is 4.42. The zero-order chi connectivity index (χ0) is 16.9. The predicted octanol–water partition coefficient (Wildman–Crippen LogP) is 3.63. The molecule has 0 saturated carbocycles. The molecule has 2 aromatic rings. The van der Waals surface area contributed by atoms with Crippen LogP contribution in [-0.2, 0) is 14.6 Å². The van der Waals surface area contributed by atoms with Crippen molar-refractivity contribution >= 4 is 31.7 Å². The molecule has 0 aliphatic heterocycles. The van der Waals surface area contributed by atoms with Crippen LogP contribution in [0.2, 0.25) is 0 Å². The lowest BCUT2D eigenvalue weighted by Crippen LogP contribution is -2.25. The molecule has 0 aromatic heterocycles. The van der Waals surface area contributed by atoms with Gasteiger partial charge in [-0.1, -0.05) is 43.0 Å². The summed E-state index contributed by atoms with van der Waals surface area (Å²) in [5, 5.41) is 0. The van der Waals surface area contributed by atoms with Gasteiger partial charge in [0.05, 0.1) is 16.2 Å². The Labute approximate surface area is 143 Å². The first-order chi connectivity index (χ1) is 10.9. The van der Waals surface area contributed by atoms with Crippen LogP contribution in [0.25, 0.3) is 0 Å². The lowest BCUT2D eigenvalue weighted by molar-refractivity contribution is 0.0430. The zero-order valence-corrected chi connectivity index (χ0v) is 14.6. The van der Waals surface area contributed by atoms with Crippen molar-refractivity contribution in [1.29, 1.82) is 0 Å². The van der Waals surface area contributed by atoms with E-state index in [0.717, 1.165) is 0 Å². The second-order valence-electron chi connectivity index (χ2n) is 4.76. The van der Waals surface area contributed by atoms with Crippen LogP contribution >= 0.6 is 15.9 Å². The van der Waals surface area contributed by atoms with E-state index in [-0.39, 0.29) is 10.6 Å². The summed E-state index contributed by atoms with van der Waals surface area (Å²) in [6.07, 6.45) is 0.384. The molecule has 1 unspecified atom stereocenters. The van der Waals surface area contributed by atoms with Gasteiger partial charge in [0.2, 0.25) is 0 Å². The van der Waals surface area contributed by atoms with Crippen molar-refractivity contribution in [3.05, 3.63) is 77.3 Å². The van der Waals surface area contributed by atoms with Gasteiger partial charge in [0, 0.05) is 4.47 Å². The number of ether oxygens (including phenoxy) is 1. The largest absolute Gasteiger partial charge is 0.453 e. The van der Waals surface area contributed by atoms with Gasteiger partial charge < -0.3 is 4.74 Å². The molecular formula is C17H15BrO4S. The van der Waals surface area contributed by atoms with E-state index >= 15 is 0 Å². The summed E-state index contributed by atoms with van der Waals surface area (Å²) in [4.78, 5) is 12.2. The smallest absolute Gasteiger partial charge is 0.338 e. The number of carbonyl (C=O) groups is 1. The van der Waals surface area contributed by atoms with Crippen molar-refractivity contribution in [3.8, 4) is 0 Å². The Hall–Kier alpha value is -1.92. The van der Waals surface area contributed by atoms with E-state index in [1.807, 2.05) is 0 Å². The van der Waals surface area contributed by atoms with Crippen LogP contribution < -0.4 is 0 Å². The lowest BCUT2D eigenvalue weighted by atomic mass is 10.2. The molecular weight excluding hydrogens is 380 g/mol. The molecule has 0 saturated heterocycles. The normalized spacial score (nSPS) is 12.4. The molecule has 4 nitrogen and oxygen atoms in total. The van der Waals surface area contributed by atoms with Crippen LogP contribution in [0.15, 0.2) is 76.6 Å². The van der Waals surface area contributed by atoms with Gasteiger partial charge in [-0.3, -0.25) is 0 Å². The topological polar surface area (TPSA) is 60.4 Å². The van der Waals surface area contributed by atoms with Crippen LogP contribution in [0.1, 0.15) is 10.4 Å². The van der Waals surface area contributed by atoms with Crippen LogP contribution in [0.4, 0.5) is 0 Å². The number of rotatable bonds is 6. The number of carbonyl (C=O) groups excluding carboxylic acids is 1. The quantitative estimate of drug-likeness (QED) is 0.554. The second-order valence-corrected chi connectivity index (χ2v) is 7.61. The molecule has 0 heterocycles. The third-order valence-electron chi connectivity index (χ3n) is 3.09. The van der Waals surface area contributed by atoms with Crippen LogP contribution in [-0.4, -0.2) is 26.2 Å². The standard InChI is InChI=1S/C17H15BrO4S/c1-2-14(22-17(19)13-8-4-3-5-9-13)12-23(20,21)16-11-7-6-10-15(16)18/h2-11,14H,1,12H2. The Kier molecular flexibility index (Phi) is 5.74. The van der Waals surface area contributed by atoms with Crippen molar-refractivity contribution in [2.45, 2.75) is 11.0 Å². The minimum atomic E-state index is -3.63. The molecule has 0 fully saturated rings. The molecule has 120 valence electrons. The van der Waals surface area contributed by atoms with Crippen LogP contribution in [0, 0.1) is 0 Å². The summed E-state index contributed by atoms with van der Waals surface area (Å²) in [6, 6.07) is 14.9. The van der Waals surface area contributed by atoms with E-state index in [1.54, 1.807) is 48.5 Å². The van der Waals surface area contributed by atoms with E-state index in [0.29, 0.717) is 10.0 Å². The number of benzene rings is 2. The van der Waals surface area contributed by atoms with Gasteiger partial charge in [0.15, 0.2) is 9.84 Å². The van der Waals surface area contributed by atoms with E-state index in [9.17, 15) is 13.2 Å². The van der Waals surface area contributed by atoms with Crippen molar-refractivity contribution < 1.29 is 17.9 Å². The number of esters is 1. The molecule has 6 heteroatoms. The monoisotopic (exact) mass is 394 g/mol. The molecule has 0 radical (unpaired) electrons. The minimum absolute atomic E-state index is 0.155.